The number of terminal acetylenes is 1. The molecule has 124 valence electrons. The first-order chi connectivity index (χ1) is 11.4. The lowest BCUT2D eigenvalue weighted by atomic mass is 10.1. The van der Waals surface area contributed by atoms with Gasteiger partial charge in [-0.25, -0.2) is 14.3 Å². The van der Waals surface area contributed by atoms with E-state index < -0.39 is 17.5 Å². The smallest absolute Gasteiger partial charge is 0.277 e. The van der Waals surface area contributed by atoms with Crippen LogP contribution in [-0.4, -0.2) is 12.5 Å². The topological polar surface area (TPSA) is 50.4 Å². The quantitative estimate of drug-likeness (QED) is 0.320. The molecule has 4 nitrogen and oxygen atoms in total. The van der Waals surface area contributed by atoms with Crippen LogP contribution in [0.2, 0.25) is 0 Å². The predicted octanol–water partition coefficient (Wildman–Crippen LogP) is 3.92. The number of hydrogen-bond donors (Lipinski definition) is 2. The Bertz CT molecular complexity index is 819. The highest BCUT2D eigenvalue weighted by Crippen LogP contribution is 2.28. The molecule has 0 bridgehead atoms. The fourth-order valence-electron chi connectivity index (χ4n) is 1.96. The number of hydroxylamine groups is 1. The lowest BCUT2D eigenvalue weighted by molar-refractivity contribution is 0.0438. The molecule has 7 heteroatoms. The van der Waals surface area contributed by atoms with Crippen LogP contribution < -0.4 is 10.8 Å². The number of halogens is 3. The number of rotatable bonds is 5. The number of carbonyl (C=O) groups is 1. The molecular weight excluding hydrogens is 429 g/mol. The molecule has 0 saturated heterocycles. The standard InChI is InChI=1S/C17H13F2IN2O2/c1-3-8-24-22-17(23)12-5-6-13(18)15(19)16(12)21-14-7-4-11(20)9-10(14)2/h1,4-7,9,21H,8H2,2H3,(H,22,23). The van der Waals surface area contributed by atoms with Crippen LogP contribution in [0.25, 0.3) is 0 Å². The third kappa shape index (κ3) is 4.21. The largest absolute Gasteiger partial charge is 0.352 e. The van der Waals surface area contributed by atoms with E-state index in [1.165, 1.54) is 0 Å². The van der Waals surface area contributed by atoms with Crippen molar-refractivity contribution < 1.29 is 18.4 Å². The molecule has 2 rings (SSSR count). The van der Waals surface area contributed by atoms with Gasteiger partial charge in [0.2, 0.25) is 0 Å². The minimum Gasteiger partial charge on any atom is -0.352 e. The zero-order chi connectivity index (χ0) is 17.7. The van der Waals surface area contributed by atoms with E-state index in [4.69, 9.17) is 11.3 Å². The summed E-state index contributed by atoms with van der Waals surface area (Å²) in [6.45, 7) is 1.67. The Morgan fingerprint density at radius 1 is 1.33 bits per heavy atom. The molecule has 1 amide bonds. The Balaban J connectivity index is 2.38. The van der Waals surface area contributed by atoms with Gasteiger partial charge < -0.3 is 5.32 Å². The Morgan fingerprint density at radius 2 is 2.08 bits per heavy atom. The van der Waals surface area contributed by atoms with Gasteiger partial charge in [0, 0.05) is 9.26 Å². The molecule has 0 aromatic heterocycles. The van der Waals surface area contributed by atoms with Crippen molar-refractivity contribution in [3.05, 3.63) is 56.7 Å². The van der Waals surface area contributed by atoms with E-state index in [1.54, 1.807) is 6.07 Å². The van der Waals surface area contributed by atoms with Gasteiger partial charge in [0.25, 0.3) is 5.91 Å². The number of anilines is 2. The molecule has 0 spiro atoms. The monoisotopic (exact) mass is 442 g/mol. The number of benzene rings is 2. The molecule has 2 N–H and O–H groups in total. The normalized spacial score (nSPS) is 10.1. The molecule has 0 atom stereocenters. The number of hydrogen-bond acceptors (Lipinski definition) is 3. The van der Waals surface area contributed by atoms with E-state index >= 15 is 0 Å². The van der Waals surface area contributed by atoms with Crippen molar-refractivity contribution in [2.75, 3.05) is 11.9 Å². The molecule has 0 radical (unpaired) electrons. The van der Waals surface area contributed by atoms with Gasteiger partial charge in [0.05, 0.1) is 11.3 Å². The maximum atomic E-state index is 14.2. The van der Waals surface area contributed by atoms with Crippen molar-refractivity contribution >= 4 is 39.9 Å². The third-order valence-corrected chi connectivity index (χ3v) is 3.78. The molecule has 2 aromatic rings. The zero-order valence-electron chi connectivity index (χ0n) is 12.6. The Kier molecular flexibility index (Phi) is 6.11. The highest BCUT2D eigenvalue weighted by molar-refractivity contribution is 14.1. The second kappa shape index (κ2) is 8.08. The first-order valence-corrected chi connectivity index (χ1v) is 7.88. The zero-order valence-corrected chi connectivity index (χ0v) is 14.8. The molecule has 0 fully saturated rings. The predicted molar refractivity (Wildman–Crippen MR) is 95.8 cm³/mol. The van der Waals surface area contributed by atoms with E-state index in [1.807, 2.05) is 19.1 Å². The molecule has 0 heterocycles. The van der Waals surface area contributed by atoms with Crippen LogP contribution in [0.5, 0.6) is 0 Å². The molecule has 0 aliphatic rings. The van der Waals surface area contributed by atoms with Gasteiger partial charge in [-0.05, 0) is 65.4 Å². The first kappa shape index (κ1) is 18.2. The van der Waals surface area contributed by atoms with Crippen molar-refractivity contribution in [3.8, 4) is 12.3 Å². The Morgan fingerprint density at radius 3 is 2.75 bits per heavy atom. The summed E-state index contributed by atoms with van der Waals surface area (Å²) in [5, 5.41) is 2.77. The second-order valence-electron chi connectivity index (χ2n) is 4.79. The van der Waals surface area contributed by atoms with Crippen LogP contribution >= 0.6 is 22.6 Å². The van der Waals surface area contributed by atoms with Gasteiger partial charge in [-0.3, -0.25) is 9.63 Å². The summed E-state index contributed by atoms with van der Waals surface area (Å²) in [5.74, 6) is -0.789. The summed E-state index contributed by atoms with van der Waals surface area (Å²) in [6.07, 6.45) is 5.01. The van der Waals surface area contributed by atoms with E-state index in [9.17, 15) is 13.6 Å². The number of amides is 1. The average Bonchev–Trinajstić information content (AvgIpc) is 2.54. The summed E-state index contributed by atoms with van der Waals surface area (Å²) in [7, 11) is 0. The first-order valence-electron chi connectivity index (χ1n) is 6.80. The summed E-state index contributed by atoms with van der Waals surface area (Å²) in [5.41, 5.74) is 3.07. The highest BCUT2D eigenvalue weighted by atomic mass is 127. The molecule has 2 aromatic carbocycles. The summed E-state index contributed by atoms with van der Waals surface area (Å²) in [4.78, 5) is 16.8. The number of aryl methyl sites for hydroxylation is 1. The van der Waals surface area contributed by atoms with Crippen molar-refractivity contribution in [3.63, 3.8) is 0 Å². The van der Waals surface area contributed by atoms with Crippen LogP contribution in [0, 0.1) is 34.5 Å². The number of nitrogens with one attached hydrogen (secondary N) is 2. The molecular formula is C17H13F2IN2O2. The van der Waals surface area contributed by atoms with E-state index in [0.29, 0.717) is 5.69 Å². The highest BCUT2D eigenvalue weighted by Gasteiger charge is 2.19. The van der Waals surface area contributed by atoms with Gasteiger partial charge in [-0.15, -0.1) is 6.42 Å². The van der Waals surface area contributed by atoms with Crippen molar-refractivity contribution in [2.45, 2.75) is 6.92 Å². The fourth-order valence-corrected chi connectivity index (χ4v) is 2.61. The van der Waals surface area contributed by atoms with Gasteiger partial charge in [-0.1, -0.05) is 5.92 Å². The molecule has 0 aliphatic carbocycles. The average molecular weight is 442 g/mol. The maximum absolute atomic E-state index is 14.2. The van der Waals surface area contributed by atoms with Gasteiger partial charge in [-0.2, -0.15) is 0 Å². The van der Waals surface area contributed by atoms with Gasteiger partial charge in [0.1, 0.15) is 6.61 Å². The fraction of sp³-hybridized carbons (Fsp3) is 0.118. The van der Waals surface area contributed by atoms with Crippen molar-refractivity contribution in [1.82, 2.24) is 5.48 Å². The molecule has 0 saturated carbocycles. The van der Waals surface area contributed by atoms with E-state index in [-0.39, 0.29) is 17.9 Å². The summed E-state index contributed by atoms with van der Waals surface area (Å²) < 4.78 is 28.8. The van der Waals surface area contributed by atoms with Crippen LogP contribution in [0.4, 0.5) is 20.2 Å². The Labute approximate surface area is 151 Å². The molecule has 0 aliphatic heterocycles. The van der Waals surface area contributed by atoms with Crippen molar-refractivity contribution in [2.24, 2.45) is 0 Å². The Hall–Kier alpha value is -2.18. The third-order valence-electron chi connectivity index (χ3n) is 3.11. The number of carbonyl (C=O) groups excluding carboxylic acids is 1. The van der Waals surface area contributed by atoms with E-state index in [2.05, 4.69) is 39.3 Å². The van der Waals surface area contributed by atoms with E-state index in [0.717, 1.165) is 21.3 Å². The van der Waals surface area contributed by atoms with Crippen molar-refractivity contribution in [1.29, 1.82) is 0 Å². The van der Waals surface area contributed by atoms with Gasteiger partial charge in [0.15, 0.2) is 11.6 Å². The lowest BCUT2D eigenvalue weighted by Crippen LogP contribution is -2.25. The summed E-state index contributed by atoms with van der Waals surface area (Å²) in [6, 6.07) is 7.44. The minimum absolute atomic E-state index is 0.108. The minimum atomic E-state index is -1.16. The van der Waals surface area contributed by atoms with Crippen LogP contribution in [0.3, 0.4) is 0 Å². The van der Waals surface area contributed by atoms with Crippen LogP contribution in [0.15, 0.2) is 30.3 Å². The second-order valence-corrected chi connectivity index (χ2v) is 6.04. The van der Waals surface area contributed by atoms with Crippen LogP contribution in [0.1, 0.15) is 15.9 Å². The molecule has 0 unspecified atom stereocenters. The molecule has 24 heavy (non-hydrogen) atoms. The van der Waals surface area contributed by atoms with Gasteiger partial charge >= 0.3 is 0 Å². The SMILES string of the molecule is C#CCONC(=O)c1ccc(F)c(F)c1Nc1ccc(I)cc1C. The lowest BCUT2D eigenvalue weighted by Gasteiger charge is -2.15. The van der Waals surface area contributed by atoms with Crippen LogP contribution in [-0.2, 0) is 4.84 Å². The summed E-state index contributed by atoms with van der Waals surface area (Å²) >= 11 is 2.14. The maximum Gasteiger partial charge on any atom is 0.277 e.